The number of amides is 1. The fourth-order valence-corrected chi connectivity index (χ4v) is 1.87. The van der Waals surface area contributed by atoms with E-state index in [2.05, 4.69) is 10.1 Å². The molecule has 118 valence electrons. The predicted octanol–water partition coefficient (Wildman–Crippen LogP) is 4.11. The zero-order valence-electron chi connectivity index (χ0n) is 11.4. The molecule has 7 heteroatoms. The zero-order chi connectivity index (χ0) is 15.7. The maximum Gasteiger partial charge on any atom is 0.573 e. The molecule has 0 aliphatic heterocycles. The average Bonchev–Trinajstić information content (AvgIpc) is 2.41. The van der Waals surface area contributed by atoms with E-state index in [-0.39, 0.29) is 11.7 Å². The molecule has 0 aliphatic carbocycles. The van der Waals surface area contributed by atoms with Gasteiger partial charge in [-0.3, -0.25) is 4.79 Å². The lowest BCUT2D eigenvalue weighted by atomic mass is 10.2. The molecule has 0 saturated heterocycles. The van der Waals surface area contributed by atoms with Crippen molar-refractivity contribution < 1.29 is 22.7 Å². The largest absolute Gasteiger partial charge is 0.573 e. The number of benzene rings is 1. The number of carbonyl (C=O) groups is 1. The van der Waals surface area contributed by atoms with Crippen molar-refractivity contribution in [1.82, 2.24) is 5.32 Å². The molecule has 3 nitrogen and oxygen atoms in total. The Balaban J connectivity index is 2.34. The fraction of sp³-hybridized carbons (Fsp3) is 0.500. The minimum absolute atomic E-state index is 0.297. The molecule has 0 aliphatic rings. The zero-order valence-corrected chi connectivity index (χ0v) is 12.1. The third-order valence-electron chi connectivity index (χ3n) is 2.70. The molecular formula is C14H17ClF3NO2. The molecule has 0 bridgehead atoms. The molecular weight excluding hydrogens is 307 g/mol. The number of alkyl halides is 4. The van der Waals surface area contributed by atoms with E-state index < -0.39 is 6.36 Å². The van der Waals surface area contributed by atoms with Gasteiger partial charge >= 0.3 is 6.36 Å². The minimum atomic E-state index is -4.73. The highest BCUT2D eigenvalue weighted by Gasteiger charge is 2.31. The first kappa shape index (κ1) is 17.6. The number of nitrogens with one attached hydrogen (secondary N) is 1. The molecule has 0 heterocycles. The Kier molecular flexibility index (Phi) is 7.36. The summed E-state index contributed by atoms with van der Waals surface area (Å²) in [6.07, 6.45) is -0.935. The Morgan fingerprint density at radius 1 is 1.10 bits per heavy atom. The second-order valence-corrected chi connectivity index (χ2v) is 4.81. The van der Waals surface area contributed by atoms with Crippen LogP contribution < -0.4 is 10.1 Å². The van der Waals surface area contributed by atoms with E-state index in [9.17, 15) is 18.0 Å². The van der Waals surface area contributed by atoms with Crippen LogP contribution in [0, 0.1) is 0 Å². The molecule has 1 amide bonds. The van der Waals surface area contributed by atoms with Crippen molar-refractivity contribution in [1.29, 1.82) is 0 Å². The van der Waals surface area contributed by atoms with Crippen LogP contribution in [0.4, 0.5) is 13.2 Å². The Morgan fingerprint density at radius 2 is 1.71 bits per heavy atom. The van der Waals surface area contributed by atoms with Gasteiger partial charge < -0.3 is 10.1 Å². The van der Waals surface area contributed by atoms with Gasteiger partial charge in [-0.25, -0.2) is 0 Å². The van der Waals surface area contributed by atoms with Crippen LogP contribution in [0.3, 0.4) is 0 Å². The van der Waals surface area contributed by atoms with Crippen molar-refractivity contribution in [2.24, 2.45) is 0 Å². The van der Waals surface area contributed by atoms with Crippen LogP contribution in [0.1, 0.15) is 36.0 Å². The van der Waals surface area contributed by atoms with E-state index in [1.165, 1.54) is 12.1 Å². The molecule has 0 fully saturated rings. The molecule has 0 aromatic heterocycles. The highest BCUT2D eigenvalue weighted by atomic mass is 35.5. The molecule has 0 radical (unpaired) electrons. The predicted molar refractivity (Wildman–Crippen MR) is 74.6 cm³/mol. The van der Waals surface area contributed by atoms with Crippen LogP contribution in [0.15, 0.2) is 24.3 Å². The summed E-state index contributed by atoms with van der Waals surface area (Å²) in [5, 5.41) is 2.71. The van der Waals surface area contributed by atoms with Crippen molar-refractivity contribution in [2.45, 2.75) is 32.0 Å². The third-order valence-corrected chi connectivity index (χ3v) is 2.96. The number of hydrogen-bond donors (Lipinski definition) is 1. The summed E-state index contributed by atoms with van der Waals surface area (Å²) in [6, 6.07) is 4.82. The van der Waals surface area contributed by atoms with Gasteiger partial charge in [0.15, 0.2) is 0 Å². The first-order chi connectivity index (χ1) is 9.92. The number of hydrogen-bond acceptors (Lipinski definition) is 2. The van der Waals surface area contributed by atoms with Crippen LogP contribution in [0.25, 0.3) is 0 Å². The van der Waals surface area contributed by atoms with Crippen molar-refractivity contribution >= 4 is 17.5 Å². The van der Waals surface area contributed by atoms with Gasteiger partial charge in [-0.05, 0) is 37.1 Å². The standard InChI is InChI=1S/C14H17ClF3NO2/c15-9-3-1-2-4-10-19-13(20)11-5-7-12(8-6-11)21-14(16,17)18/h5-8H,1-4,9-10H2,(H,19,20). The first-order valence-electron chi connectivity index (χ1n) is 6.62. The fourth-order valence-electron chi connectivity index (χ4n) is 1.69. The molecule has 1 aromatic rings. The summed E-state index contributed by atoms with van der Waals surface area (Å²) in [5.41, 5.74) is 0.297. The second-order valence-electron chi connectivity index (χ2n) is 4.43. The van der Waals surface area contributed by atoms with Crippen LogP contribution in [-0.4, -0.2) is 24.7 Å². The lowest BCUT2D eigenvalue weighted by Crippen LogP contribution is -2.24. The Morgan fingerprint density at radius 3 is 2.29 bits per heavy atom. The third kappa shape index (κ3) is 7.80. The van der Waals surface area contributed by atoms with E-state index in [1.807, 2.05) is 0 Å². The Bertz CT molecular complexity index is 435. The highest BCUT2D eigenvalue weighted by molar-refractivity contribution is 6.17. The van der Waals surface area contributed by atoms with Crippen LogP contribution in [0.2, 0.25) is 0 Å². The van der Waals surface area contributed by atoms with E-state index in [4.69, 9.17) is 11.6 Å². The Hall–Kier alpha value is -1.43. The van der Waals surface area contributed by atoms with Crippen molar-refractivity contribution in [2.75, 3.05) is 12.4 Å². The number of halogens is 4. The number of unbranched alkanes of at least 4 members (excludes halogenated alkanes) is 3. The molecule has 0 unspecified atom stereocenters. The molecule has 1 rings (SSSR count). The van der Waals surface area contributed by atoms with E-state index >= 15 is 0 Å². The normalized spacial score (nSPS) is 11.2. The van der Waals surface area contributed by atoms with Crippen LogP contribution >= 0.6 is 11.6 Å². The summed E-state index contributed by atoms with van der Waals surface area (Å²) in [4.78, 5) is 11.7. The Labute approximate surface area is 126 Å². The smallest absolute Gasteiger partial charge is 0.406 e. The van der Waals surface area contributed by atoms with Crippen molar-refractivity contribution in [3.63, 3.8) is 0 Å². The van der Waals surface area contributed by atoms with Crippen LogP contribution in [-0.2, 0) is 0 Å². The quantitative estimate of drug-likeness (QED) is 0.577. The summed E-state index contributed by atoms with van der Waals surface area (Å²) >= 11 is 5.55. The topological polar surface area (TPSA) is 38.3 Å². The van der Waals surface area contributed by atoms with E-state index in [0.29, 0.717) is 18.0 Å². The monoisotopic (exact) mass is 323 g/mol. The molecule has 21 heavy (non-hydrogen) atoms. The van der Waals surface area contributed by atoms with Crippen molar-refractivity contribution in [3.8, 4) is 5.75 Å². The van der Waals surface area contributed by atoms with Gasteiger partial charge in [0.05, 0.1) is 0 Å². The van der Waals surface area contributed by atoms with Crippen molar-refractivity contribution in [3.05, 3.63) is 29.8 Å². The summed E-state index contributed by atoms with van der Waals surface area (Å²) in [6.45, 7) is 0.530. The highest BCUT2D eigenvalue weighted by Crippen LogP contribution is 2.22. The van der Waals surface area contributed by atoms with Gasteiger partial charge in [-0.2, -0.15) is 0 Å². The first-order valence-corrected chi connectivity index (χ1v) is 7.16. The summed E-state index contributed by atoms with van der Waals surface area (Å²) in [7, 11) is 0. The summed E-state index contributed by atoms with van der Waals surface area (Å²) in [5.74, 6) is -0.0235. The molecule has 0 saturated carbocycles. The second kappa shape index (κ2) is 8.77. The number of carbonyl (C=O) groups excluding carboxylic acids is 1. The van der Waals surface area contributed by atoms with E-state index in [1.54, 1.807) is 0 Å². The summed E-state index contributed by atoms with van der Waals surface area (Å²) < 4.78 is 39.7. The van der Waals surface area contributed by atoms with Gasteiger partial charge in [0.25, 0.3) is 5.91 Å². The van der Waals surface area contributed by atoms with Gasteiger partial charge in [0.2, 0.25) is 0 Å². The molecule has 0 spiro atoms. The SMILES string of the molecule is O=C(NCCCCCCCl)c1ccc(OC(F)(F)F)cc1. The van der Waals surface area contributed by atoms with Crippen LogP contribution in [0.5, 0.6) is 5.75 Å². The van der Waals surface area contributed by atoms with Gasteiger partial charge in [0.1, 0.15) is 5.75 Å². The maximum atomic E-state index is 12.0. The lowest BCUT2D eigenvalue weighted by molar-refractivity contribution is -0.274. The molecule has 1 N–H and O–H groups in total. The van der Waals surface area contributed by atoms with E-state index in [0.717, 1.165) is 37.8 Å². The maximum absolute atomic E-state index is 12.0. The number of ether oxygens (including phenoxy) is 1. The molecule has 0 atom stereocenters. The lowest BCUT2D eigenvalue weighted by Gasteiger charge is -2.09. The van der Waals surface area contributed by atoms with Gasteiger partial charge in [-0.15, -0.1) is 24.8 Å². The minimum Gasteiger partial charge on any atom is -0.406 e. The van der Waals surface area contributed by atoms with Gasteiger partial charge in [-0.1, -0.05) is 12.8 Å². The van der Waals surface area contributed by atoms with Gasteiger partial charge in [0, 0.05) is 18.0 Å². The average molecular weight is 324 g/mol. The number of rotatable bonds is 8. The molecule has 1 aromatic carbocycles.